The summed E-state index contributed by atoms with van der Waals surface area (Å²) in [5.74, 6) is 0. The zero-order chi connectivity index (χ0) is 12.1. The molecule has 0 amide bonds. The number of aryl methyl sites for hydroxylation is 4. The van der Waals surface area contributed by atoms with E-state index in [0.29, 0.717) is 0 Å². The van der Waals surface area contributed by atoms with Gasteiger partial charge in [-0.2, -0.15) is 0 Å². The van der Waals surface area contributed by atoms with Crippen molar-refractivity contribution in [2.45, 2.75) is 39.5 Å². The summed E-state index contributed by atoms with van der Waals surface area (Å²) < 4.78 is 0. The SMILES string of the molecule is CCCc1cccc(CCc2csc(C)n2)c1. The first-order chi connectivity index (χ1) is 8.28. The summed E-state index contributed by atoms with van der Waals surface area (Å²) in [5.41, 5.74) is 4.12. The Morgan fingerprint density at radius 1 is 1.12 bits per heavy atom. The third kappa shape index (κ3) is 3.67. The number of hydrogen-bond acceptors (Lipinski definition) is 2. The first-order valence-electron chi connectivity index (χ1n) is 6.26. The molecule has 1 heterocycles. The second kappa shape index (κ2) is 5.97. The minimum Gasteiger partial charge on any atom is -0.247 e. The second-order valence-corrected chi connectivity index (χ2v) is 5.49. The Kier molecular flexibility index (Phi) is 4.32. The predicted molar refractivity (Wildman–Crippen MR) is 74.7 cm³/mol. The Bertz CT molecular complexity index is 473. The minimum absolute atomic E-state index is 1.06. The van der Waals surface area contributed by atoms with Gasteiger partial charge in [0.05, 0.1) is 10.7 Å². The maximum absolute atomic E-state index is 4.50. The van der Waals surface area contributed by atoms with Crippen molar-refractivity contribution in [3.05, 3.63) is 51.5 Å². The van der Waals surface area contributed by atoms with Crippen LogP contribution in [0.25, 0.3) is 0 Å². The molecule has 0 atom stereocenters. The van der Waals surface area contributed by atoms with Crippen molar-refractivity contribution in [2.75, 3.05) is 0 Å². The van der Waals surface area contributed by atoms with E-state index >= 15 is 0 Å². The van der Waals surface area contributed by atoms with Gasteiger partial charge in [0.1, 0.15) is 0 Å². The molecule has 2 rings (SSSR count). The van der Waals surface area contributed by atoms with Gasteiger partial charge in [0.15, 0.2) is 0 Å². The molecule has 0 fully saturated rings. The normalized spacial score (nSPS) is 10.7. The van der Waals surface area contributed by atoms with E-state index in [0.717, 1.165) is 12.8 Å². The summed E-state index contributed by atoms with van der Waals surface area (Å²) in [7, 11) is 0. The standard InChI is InChI=1S/C15H19NS/c1-3-5-13-6-4-7-14(10-13)8-9-15-11-17-12(2)16-15/h4,6-7,10-11H,3,5,8-9H2,1-2H3. The number of aromatic nitrogens is 1. The lowest BCUT2D eigenvalue weighted by Gasteiger charge is -2.03. The highest BCUT2D eigenvalue weighted by molar-refractivity contribution is 7.09. The van der Waals surface area contributed by atoms with Crippen molar-refractivity contribution < 1.29 is 0 Å². The average Bonchev–Trinajstić information content (AvgIpc) is 2.74. The van der Waals surface area contributed by atoms with Crippen LogP contribution in [0, 0.1) is 6.92 Å². The molecule has 0 aliphatic carbocycles. The van der Waals surface area contributed by atoms with Crippen molar-refractivity contribution in [1.29, 1.82) is 0 Å². The number of rotatable bonds is 5. The molecule has 2 aromatic rings. The fourth-order valence-corrected chi connectivity index (χ4v) is 2.67. The van der Waals surface area contributed by atoms with Crippen LogP contribution < -0.4 is 0 Å². The number of benzene rings is 1. The Morgan fingerprint density at radius 3 is 2.53 bits per heavy atom. The van der Waals surface area contributed by atoms with E-state index in [1.54, 1.807) is 11.3 Å². The van der Waals surface area contributed by atoms with Crippen LogP contribution in [0.4, 0.5) is 0 Å². The highest BCUT2D eigenvalue weighted by Crippen LogP contribution is 2.13. The van der Waals surface area contributed by atoms with Crippen LogP contribution in [0.3, 0.4) is 0 Å². The summed E-state index contributed by atoms with van der Waals surface area (Å²) in [6.07, 6.45) is 4.55. The Hall–Kier alpha value is -1.15. The summed E-state index contributed by atoms with van der Waals surface area (Å²) >= 11 is 1.74. The highest BCUT2D eigenvalue weighted by atomic mass is 32.1. The van der Waals surface area contributed by atoms with Crippen molar-refractivity contribution in [3.8, 4) is 0 Å². The fraction of sp³-hybridized carbons (Fsp3) is 0.400. The summed E-state index contributed by atoms with van der Waals surface area (Å²) in [6, 6.07) is 8.95. The van der Waals surface area contributed by atoms with Gasteiger partial charge in [-0.1, -0.05) is 37.6 Å². The van der Waals surface area contributed by atoms with Gasteiger partial charge in [-0.25, -0.2) is 4.98 Å². The first-order valence-corrected chi connectivity index (χ1v) is 7.14. The maximum Gasteiger partial charge on any atom is 0.0897 e. The van der Waals surface area contributed by atoms with Crippen molar-refractivity contribution >= 4 is 11.3 Å². The summed E-state index contributed by atoms with van der Waals surface area (Å²) in [5, 5.41) is 3.34. The molecule has 2 heteroatoms. The van der Waals surface area contributed by atoms with Crippen LogP contribution in [-0.4, -0.2) is 4.98 Å². The van der Waals surface area contributed by atoms with Crippen LogP contribution in [-0.2, 0) is 19.3 Å². The van der Waals surface area contributed by atoms with Crippen LogP contribution in [0.2, 0.25) is 0 Å². The van der Waals surface area contributed by atoms with Crippen molar-refractivity contribution in [1.82, 2.24) is 4.98 Å². The monoisotopic (exact) mass is 245 g/mol. The van der Waals surface area contributed by atoms with Gasteiger partial charge in [-0.05, 0) is 37.3 Å². The molecule has 0 N–H and O–H groups in total. The molecule has 1 aromatic heterocycles. The van der Waals surface area contributed by atoms with E-state index in [2.05, 4.69) is 48.5 Å². The van der Waals surface area contributed by atoms with Gasteiger partial charge < -0.3 is 0 Å². The average molecular weight is 245 g/mol. The molecule has 0 aliphatic heterocycles. The number of thiazole rings is 1. The molecular weight excluding hydrogens is 226 g/mol. The van der Waals surface area contributed by atoms with Crippen molar-refractivity contribution in [2.24, 2.45) is 0 Å². The number of hydrogen-bond donors (Lipinski definition) is 0. The van der Waals surface area contributed by atoms with Gasteiger partial charge in [-0.3, -0.25) is 0 Å². The van der Waals surface area contributed by atoms with Gasteiger partial charge in [0.2, 0.25) is 0 Å². The molecule has 0 bridgehead atoms. The lowest BCUT2D eigenvalue weighted by atomic mass is 10.0. The van der Waals surface area contributed by atoms with E-state index in [1.165, 1.54) is 34.7 Å². The van der Waals surface area contributed by atoms with E-state index in [-0.39, 0.29) is 0 Å². The molecule has 0 radical (unpaired) electrons. The van der Waals surface area contributed by atoms with E-state index in [4.69, 9.17) is 0 Å². The second-order valence-electron chi connectivity index (χ2n) is 4.43. The van der Waals surface area contributed by atoms with E-state index in [1.807, 2.05) is 0 Å². The Balaban J connectivity index is 1.96. The molecule has 90 valence electrons. The fourth-order valence-electron chi connectivity index (χ4n) is 2.02. The minimum atomic E-state index is 1.06. The largest absolute Gasteiger partial charge is 0.247 e. The number of nitrogens with zero attached hydrogens (tertiary/aromatic N) is 1. The third-order valence-electron chi connectivity index (χ3n) is 2.87. The van der Waals surface area contributed by atoms with Crippen LogP contribution >= 0.6 is 11.3 Å². The molecular formula is C15H19NS. The van der Waals surface area contributed by atoms with Gasteiger partial charge in [-0.15, -0.1) is 11.3 Å². The van der Waals surface area contributed by atoms with Gasteiger partial charge >= 0.3 is 0 Å². The Morgan fingerprint density at radius 2 is 1.88 bits per heavy atom. The molecule has 0 saturated carbocycles. The van der Waals surface area contributed by atoms with Crippen LogP contribution in [0.1, 0.15) is 35.2 Å². The molecule has 1 nitrogen and oxygen atoms in total. The molecule has 0 saturated heterocycles. The Labute approximate surface area is 108 Å². The first kappa shape index (κ1) is 12.3. The maximum atomic E-state index is 4.50. The molecule has 17 heavy (non-hydrogen) atoms. The van der Waals surface area contributed by atoms with Gasteiger partial charge in [0, 0.05) is 5.38 Å². The smallest absolute Gasteiger partial charge is 0.0897 e. The predicted octanol–water partition coefficient (Wildman–Crippen LogP) is 4.19. The molecule has 1 aromatic carbocycles. The lowest BCUT2D eigenvalue weighted by Crippen LogP contribution is -1.93. The quantitative estimate of drug-likeness (QED) is 0.769. The van der Waals surface area contributed by atoms with Crippen LogP contribution in [0.15, 0.2) is 29.6 Å². The molecule has 0 aliphatic rings. The van der Waals surface area contributed by atoms with Crippen LogP contribution in [0.5, 0.6) is 0 Å². The molecule has 0 spiro atoms. The highest BCUT2D eigenvalue weighted by Gasteiger charge is 2.00. The van der Waals surface area contributed by atoms with E-state index in [9.17, 15) is 0 Å². The third-order valence-corrected chi connectivity index (χ3v) is 3.69. The zero-order valence-electron chi connectivity index (χ0n) is 10.6. The van der Waals surface area contributed by atoms with Crippen molar-refractivity contribution in [3.63, 3.8) is 0 Å². The van der Waals surface area contributed by atoms with Gasteiger partial charge in [0.25, 0.3) is 0 Å². The molecule has 0 unspecified atom stereocenters. The lowest BCUT2D eigenvalue weighted by molar-refractivity contribution is 0.896. The summed E-state index contributed by atoms with van der Waals surface area (Å²) in [6.45, 7) is 4.29. The van der Waals surface area contributed by atoms with E-state index < -0.39 is 0 Å². The summed E-state index contributed by atoms with van der Waals surface area (Å²) in [4.78, 5) is 4.50. The zero-order valence-corrected chi connectivity index (χ0v) is 11.4. The topological polar surface area (TPSA) is 12.9 Å².